The molecule has 2 rings (SSSR count). The van der Waals surface area contributed by atoms with E-state index >= 15 is 0 Å². The first kappa shape index (κ1) is 27.0. The zero-order valence-corrected chi connectivity index (χ0v) is 19.0. The topological polar surface area (TPSA) is 189 Å². The Morgan fingerprint density at radius 1 is 1.18 bits per heavy atom. The Morgan fingerprint density at radius 3 is 2.45 bits per heavy atom. The molecule has 0 saturated carbocycles. The fraction of sp³-hybridized carbons (Fsp3) is 0.429. The molecule has 0 spiro atoms. The highest BCUT2D eigenvalue weighted by atomic mass is 35.5. The van der Waals surface area contributed by atoms with Crippen LogP contribution in [0.1, 0.15) is 19.1 Å². The number of hydrogen-bond acceptors (Lipinski definition) is 10. The van der Waals surface area contributed by atoms with Gasteiger partial charge < -0.3 is 40.2 Å². The van der Waals surface area contributed by atoms with E-state index in [-0.39, 0.29) is 40.1 Å². The van der Waals surface area contributed by atoms with Crippen molar-refractivity contribution in [3.63, 3.8) is 0 Å². The van der Waals surface area contributed by atoms with Gasteiger partial charge in [-0.3, -0.25) is 0 Å². The van der Waals surface area contributed by atoms with Crippen LogP contribution in [0.5, 0.6) is 11.5 Å². The third-order valence-corrected chi connectivity index (χ3v) is 6.56. The molecule has 5 atom stereocenters. The molecule has 1 aromatic heterocycles. The number of rotatable bonds is 11. The maximum Gasteiger partial charge on any atom is 0.347 e. The molecular formula is C21H25ClO10S. The van der Waals surface area contributed by atoms with Gasteiger partial charge in [-0.25, -0.2) is 9.59 Å². The zero-order valence-electron chi connectivity index (χ0n) is 17.5. The SMILES string of the molecule is C[C@@H](O)C[C@H](O)[C@H](SC[C@H](O)C(=O)O)[C@H](O)C=CCc1cc2c(Cl)c(O)cc(O)c2c(=O)o1. The molecule has 0 aliphatic rings. The molecule has 0 saturated heterocycles. The van der Waals surface area contributed by atoms with Crippen molar-refractivity contribution in [3.8, 4) is 11.5 Å². The number of thioether (sulfide) groups is 1. The Kier molecular flexibility index (Phi) is 9.58. The molecule has 0 bridgehead atoms. The highest BCUT2D eigenvalue weighted by Gasteiger charge is 2.29. The molecule has 7 N–H and O–H groups in total. The fourth-order valence-corrected chi connectivity index (χ4v) is 4.46. The molecular weight excluding hydrogens is 480 g/mol. The predicted molar refractivity (Wildman–Crippen MR) is 122 cm³/mol. The Labute approximate surface area is 197 Å². The van der Waals surface area contributed by atoms with Gasteiger partial charge in [-0.05, 0) is 13.0 Å². The molecule has 0 radical (unpaired) electrons. The summed E-state index contributed by atoms with van der Waals surface area (Å²) in [6.45, 7) is 1.45. The molecule has 0 aliphatic heterocycles. The number of aliphatic carboxylic acids is 1. The minimum absolute atomic E-state index is 0.00335. The standard InChI is InChI=1S/C21H25ClO10S/c1-9(23)5-15(27)19(33-8-16(28)20(29)30)12(24)4-2-3-10-6-11-17(21(31)32-10)13(25)7-14(26)18(11)22/h2,4,6-7,9,12,15-16,19,23-28H,3,5,8H2,1H3,(H,29,30)/t9-,12-,15+,16+,19-/m1/s1. The van der Waals surface area contributed by atoms with Crippen molar-refractivity contribution in [1.29, 1.82) is 0 Å². The van der Waals surface area contributed by atoms with Crippen molar-refractivity contribution in [3.05, 3.63) is 45.5 Å². The van der Waals surface area contributed by atoms with Gasteiger partial charge in [-0.15, -0.1) is 11.8 Å². The van der Waals surface area contributed by atoms with Crippen LogP contribution in [0.15, 0.2) is 33.5 Å². The molecule has 0 fully saturated rings. The molecule has 1 heterocycles. The number of allylic oxidation sites excluding steroid dienone is 1. The monoisotopic (exact) mass is 504 g/mol. The maximum atomic E-state index is 12.2. The van der Waals surface area contributed by atoms with Crippen LogP contribution >= 0.6 is 23.4 Å². The summed E-state index contributed by atoms with van der Waals surface area (Å²) in [5, 5.41) is 67.1. The highest BCUT2D eigenvalue weighted by Crippen LogP contribution is 2.36. The molecule has 12 heteroatoms. The molecule has 0 aliphatic carbocycles. The Morgan fingerprint density at radius 2 is 1.85 bits per heavy atom. The number of phenolic OH excluding ortho intramolecular Hbond substituents is 2. The lowest BCUT2D eigenvalue weighted by Crippen LogP contribution is -2.37. The summed E-state index contributed by atoms with van der Waals surface area (Å²) in [6, 6.07) is 2.28. The smallest absolute Gasteiger partial charge is 0.347 e. The number of aliphatic hydroxyl groups excluding tert-OH is 4. The molecule has 0 unspecified atom stereocenters. The number of benzene rings is 1. The number of fused-ring (bicyclic) bond motifs is 1. The van der Waals surface area contributed by atoms with Crippen molar-refractivity contribution in [2.75, 3.05) is 5.75 Å². The van der Waals surface area contributed by atoms with E-state index in [4.69, 9.17) is 21.1 Å². The molecule has 10 nitrogen and oxygen atoms in total. The van der Waals surface area contributed by atoms with E-state index in [1.165, 1.54) is 25.1 Å². The number of carboxylic acid groups (broad SMARTS) is 1. The van der Waals surface area contributed by atoms with Gasteiger partial charge in [0.2, 0.25) is 0 Å². The minimum atomic E-state index is -1.70. The first-order chi connectivity index (χ1) is 15.4. The van der Waals surface area contributed by atoms with E-state index in [0.29, 0.717) is 0 Å². The van der Waals surface area contributed by atoms with Crippen molar-refractivity contribution in [2.45, 2.75) is 49.4 Å². The second kappa shape index (κ2) is 11.7. The number of halogens is 1. The minimum Gasteiger partial charge on any atom is -0.507 e. The summed E-state index contributed by atoms with van der Waals surface area (Å²) in [5.41, 5.74) is -0.876. The van der Waals surface area contributed by atoms with Crippen LogP contribution in [0, 0.1) is 0 Å². The van der Waals surface area contributed by atoms with Gasteiger partial charge >= 0.3 is 11.6 Å². The number of hydrogen-bond donors (Lipinski definition) is 7. The first-order valence-corrected chi connectivity index (χ1v) is 11.3. The van der Waals surface area contributed by atoms with Crippen LogP contribution in [-0.2, 0) is 11.2 Å². The number of aromatic hydroxyl groups is 2. The number of carboxylic acids is 1. The lowest BCUT2D eigenvalue weighted by Gasteiger charge is -2.26. The fourth-order valence-electron chi connectivity index (χ4n) is 3.09. The van der Waals surface area contributed by atoms with Crippen LogP contribution in [0.25, 0.3) is 10.8 Å². The van der Waals surface area contributed by atoms with E-state index < -0.39 is 52.8 Å². The second-order valence-corrected chi connectivity index (χ2v) is 9.03. The lowest BCUT2D eigenvalue weighted by molar-refractivity contribution is -0.145. The number of phenols is 2. The number of aliphatic hydroxyl groups is 4. The van der Waals surface area contributed by atoms with Crippen LogP contribution in [-0.4, -0.2) is 77.1 Å². The first-order valence-electron chi connectivity index (χ1n) is 9.82. The van der Waals surface area contributed by atoms with Crippen molar-refractivity contribution < 1.29 is 45.0 Å². The molecule has 2 aromatic rings. The Hall–Kier alpha value is -2.28. The van der Waals surface area contributed by atoms with Crippen molar-refractivity contribution >= 4 is 40.1 Å². The Balaban J connectivity index is 2.21. The van der Waals surface area contributed by atoms with Gasteiger partial charge in [0.15, 0.2) is 6.10 Å². The van der Waals surface area contributed by atoms with Crippen LogP contribution in [0.3, 0.4) is 0 Å². The predicted octanol–water partition coefficient (Wildman–Crippen LogP) is 0.996. The third kappa shape index (κ3) is 7.10. The molecule has 1 aromatic carbocycles. The highest BCUT2D eigenvalue weighted by molar-refractivity contribution is 8.00. The maximum absolute atomic E-state index is 12.2. The van der Waals surface area contributed by atoms with E-state index in [0.717, 1.165) is 17.8 Å². The van der Waals surface area contributed by atoms with Crippen LogP contribution in [0.4, 0.5) is 0 Å². The summed E-state index contributed by atoms with van der Waals surface area (Å²) in [6.07, 6.45) is -2.45. The average Bonchev–Trinajstić information content (AvgIpc) is 2.70. The van der Waals surface area contributed by atoms with E-state index in [1.54, 1.807) is 0 Å². The lowest BCUT2D eigenvalue weighted by atomic mass is 10.0. The van der Waals surface area contributed by atoms with Gasteiger partial charge in [0.05, 0.1) is 28.6 Å². The largest absolute Gasteiger partial charge is 0.507 e. The van der Waals surface area contributed by atoms with Gasteiger partial charge in [-0.2, -0.15) is 0 Å². The normalized spacial score (nSPS) is 16.5. The van der Waals surface area contributed by atoms with E-state index in [1.807, 2.05) is 0 Å². The van der Waals surface area contributed by atoms with E-state index in [2.05, 4.69) is 0 Å². The van der Waals surface area contributed by atoms with Gasteiger partial charge in [-0.1, -0.05) is 23.8 Å². The quantitative estimate of drug-likeness (QED) is 0.216. The van der Waals surface area contributed by atoms with Crippen LogP contribution < -0.4 is 5.63 Å². The summed E-state index contributed by atoms with van der Waals surface area (Å²) >= 11 is 6.85. The number of carbonyl (C=O) groups is 1. The third-order valence-electron chi connectivity index (χ3n) is 4.68. The van der Waals surface area contributed by atoms with Crippen molar-refractivity contribution in [1.82, 2.24) is 0 Å². The van der Waals surface area contributed by atoms with Gasteiger partial charge in [0.25, 0.3) is 0 Å². The average molecular weight is 505 g/mol. The summed E-state index contributed by atoms with van der Waals surface area (Å²) in [7, 11) is 0. The second-order valence-electron chi connectivity index (χ2n) is 7.44. The molecule has 182 valence electrons. The summed E-state index contributed by atoms with van der Waals surface area (Å²) < 4.78 is 5.14. The summed E-state index contributed by atoms with van der Waals surface area (Å²) in [5.74, 6) is -2.54. The van der Waals surface area contributed by atoms with Crippen LogP contribution in [0.2, 0.25) is 5.02 Å². The Bertz CT molecular complexity index is 1070. The summed E-state index contributed by atoms with van der Waals surface area (Å²) in [4.78, 5) is 23.0. The molecule has 33 heavy (non-hydrogen) atoms. The molecule has 0 amide bonds. The van der Waals surface area contributed by atoms with Crippen molar-refractivity contribution in [2.24, 2.45) is 0 Å². The van der Waals surface area contributed by atoms with Gasteiger partial charge in [0.1, 0.15) is 22.6 Å². The van der Waals surface area contributed by atoms with E-state index in [9.17, 15) is 40.2 Å². The van der Waals surface area contributed by atoms with Gasteiger partial charge in [0, 0.05) is 30.0 Å². The zero-order chi connectivity index (χ0) is 24.9.